The van der Waals surface area contributed by atoms with Gasteiger partial charge in [0.15, 0.2) is 0 Å². The minimum Gasteiger partial charge on any atom is -0.353 e. The van der Waals surface area contributed by atoms with Gasteiger partial charge in [0.25, 0.3) is 0 Å². The lowest BCUT2D eigenvalue weighted by Gasteiger charge is -2.24. The van der Waals surface area contributed by atoms with Gasteiger partial charge in [-0.1, -0.05) is 21.5 Å². The van der Waals surface area contributed by atoms with Crippen molar-refractivity contribution < 1.29 is 9.59 Å². The highest BCUT2D eigenvalue weighted by Gasteiger charge is 2.65. The molecule has 2 fully saturated rings. The maximum absolute atomic E-state index is 13.0. The van der Waals surface area contributed by atoms with Gasteiger partial charge in [0, 0.05) is 22.3 Å². The van der Waals surface area contributed by atoms with Gasteiger partial charge in [0.1, 0.15) is 0 Å². The van der Waals surface area contributed by atoms with Gasteiger partial charge >= 0.3 is 0 Å². The highest BCUT2D eigenvalue weighted by atomic mass is 79.9. The van der Waals surface area contributed by atoms with Gasteiger partial charge in [0.2, 0.25) is 11.8 Å². The van der Waals surface area contributed by atoms with E-state index < -0.39 is 0 Å². The lowest BCUT2D eigenvalue weighted by Crippen LogP contribution is -2.36. The molecule has 0 aromatic heterocycles. The Morgan fingerprint density at radius 2 is 1.96 bits per heavy atom. The Kier molecular flexibility index (Phi) is 3.79. The summed E-state index contributed by atoms with van der Waals surface area (Å²) >= 11 is 3.40. The number of hydrogen-bond donors (Lipinski definition) is 2. The van der Waals surface area contributed by atoms with E-state index in [9.17, 15) is 9.59 Å². The lowest BCUT2D eigenvalue weighted by molar-refractivity contribution is -0.124. The largest absolute Gasteiger partial charge is 0.353 e. The number of carbonyl (C=O) groups excluding carboxylic acids is 2. The standard InChI is InChI=1S/C19H21BrN2O2/c1-2-21-17(23)15-13-7-8-14(19(13)9-10-19)16(15)18(24)22-12-5-3-11(20)4-6-12/h3-6,14,16H,2,7-10H2,1H3,(H,21,23)(H,22,24). The molecule has 2 amide bonds. The summed E-state index contributed by atoms with van der Waals surface area (Å²) in [6.07, 6.45) is 4.30. The van der Waals surface area contributed by atoms with Gasteiger partial charge in [-0.2, -0.15) is 0 Å². The van der Waals surface area contributed by atoms with Crippen molar-refractivity contribution in [2.24, 2.45) is 17.3 Å². The van der Waals surface area contributed by atoms with Gasteiger partial charge in [-0.05, 0) is 68.2 Å². The first kappa shape index (κ1) is 15.9. The fourth-order valence-corrected chi connectivity index (χ4v) is 5.00. The predicted molar refractivity (Wildman–Crippen MR) is 96.4 cm³/mol. The molecule has 0 radical (unpaired) electrons. The average molecular weight is 389 g/mol. The summed E-state index contributed by atoms with van der Waals surface area (Å²) in [4.78, 5) is 25.6. The number of nitrogens with one attached hydrogen (secondary N) is 2. The Morgan fingerprint density at radius 1 is 1.25 bits per heavy atom. The van der Waals surface area contributed by atoms with E-state index in [0.717, 1.165) is 41.4 Å². The van der Waals surface area contributed by atoms with Crippen LogP contribution >= 0.6 is 15.9 Å². The van der Waals surface area contributed by atoms with Gasteiger partial charge in [-0.15, -0.1) is 0 Å². The quantitative estimate of drug-likeness (QED) is 0.826. The molecule has 1 spiro atoms. The molecule has 2 atom stereocenters. The van der Waals surface area contributed by atoms with Crippen LogP contribution in [0, 0.1) is 17.3 Å². The molecule has 1 aromatic carbocycles. The molecule has 1 aromatic rings. The Hall–Kier alpha value is -1.62. The molecule has 0 saturated heterocycles. The highest BCUT2D eigenvalue weighted by Crippen LogP contribution is 2.72. The molecule has 126 valence electrons. The molecule has 2 N–H and O–H groups in total. The number of likely N-dealkylation sites (N-methyl/N-ethyl adjacent to an activating group) is 1. The van der Waals surface area contributed by atoms with Crippen molar-refractivity contribution in [2.75, 3.05) is 11.9 Å². The van der Waals surface area contributed by atoms with E-state index >= 15 is 0 Å². The monoisotopic (exact) mass is 388 g/mol. The van der Waals surface area contributed by atoms with Crippen molar-refractivity contribution >= 4 is 33.4 Å². The van der Waals surface area contributed by atoms with Gasteiger partial charge in [-0.3, -0.25) is 9.59 Å². The van der Waals surface area contributed by atoms with Crippen LogP contribution in [0.25, 0.3) is 0 Å². The van der Waals surface area contributed by atoms with Gasteiger partial charge < -0.3 is 10.6 Å². The third-order valence-electron chi connectivity index (χ3n) is 5.82. The minimum absolute atomic E-state index is 0.0375. The number of anilines is 1. The normalized spacial score (nSPS) is 25.9. The first-order valence-electron chi connectivity index (χ1n) is 8.65. The molecule has 0 heterocycles. The number of amides is 2. The maximum Gasteiger partial charge on any atom is 0.247 e. The zero-order valence-corrected chi connectivity index (χ0v) is 15.3. The molecular weight excluding hydrogens is 368 g/mol. The van der Waals surface area contributed by atoms with Gasteiger partial charge in [0.05, 0.1) is 5.92 Å². The number of allylic oxidation sites excluding steroid dienone is 1. The number of halogens is 1. The van der Waals surface area contributed by atoms with Crippen LogP contribution < -0.4 is 10.6 Å². The van der Waals surface area contributed by atoms with E-state index in [0.29, 0.717) is 12.5 Å². The van der Waals surface area contributed by atoms with Crippen LogP contribution in [0.15, 0.2) is 39.9 Å². The molecular formula is C19H21BrN2O2. The summed E-state index contributed by atoms with van der Waals surface area (Å²) in [6, 6.07) is 7.56. The number of rotatable bonds is 4. The van der Waals surface area contributed by atoms with Crippen LogP contribution in [-0.4, -0.2) is 18.4 Å². The van der Waals surface area contributed by atoms with Crippen LogP contribution in [0.2, 0.25) is 0 Å². The molecule has 3 aliphatic rings. The van der Waals surface area contributed by atoms with Crippen LogP contribution in [0.1, 0.15) is 32.6 Å². The maximum atomic E-state index is 13.0. The third kappa shape index (κ3) is 2.32. The van der Waals surface area contributed by atoms with Crippen molar-refractivity contribution in [3.8, 4) is 0 Å². The Morgan fingerprint density at radius 3 is 2.58 bits per heavy atom. The Balaban J connectivity index is 1.62. The van der Waals surface area contributed by atoms with Crippen molar-refractivity contribution in [1.82, 2.24) is 5.32 Å². The van der Waals surface area contributed by atoms with E-state index in [-0.39, 0.29) is 23.1 Å². The summed E-state index contributed by atoms with van der Waals surface area (Å²) in [5.41, 5.74) is 2.98. The molecule has 2 bridgehead atoms. The molecule has 4 rings (SSSR count). The van der Waals surface area contributed by atoms with Crippen molar-refractivity contribution in [3.05, 3.63) is 39.9 Å². The summed E-state index contributed by atoms with van der Waals surface area (Å²) < 4.78 is 0.975. The zero-order chi connectivity index (χ0) is 16.9. The molecule has 0 aliphatic heterocycles. The zero-order valence-electron chi connectivity index (χ0n) is 13.7. The minimum atomic E-state index is -0.300. The Bertz CT molecular complexity index is 734. The second-order valence-electron chi connectivity index (χ2n) is 7.03. The summed E-state index contributed by atoms with van der Waals surface area (Å²) in [6.45, 7) is 2.51. The van der Waals surface area contributed by atoms with E-state index in [1.807, 2.05) is 31.2 Å². The van der Waals surface area contributed by atoms with Gasteiger partial charge in [-0.25, -0.2) is 0 Å². The van der Waals surface area contributed by atoms with Crippen LogP contribution in [0.3, 0.4) is 0 Å². The second-order valence-corrected chi connectivity index (χ2v) is 7.94. The van der Waals surface area contributed by atoms with Crippen LogP contribution in [-0.2, 0) is 9.59 Å². The van der Waals surface area contributed by atoms with E-state index in [4.69, 9.17) is 0 Å². The fourth-order valence-electron chi connectivity index (χ4n) is 4.73. The number of carbonyl (C=O) groups is 2. The van der Waals surface area contributed by atoms with E-state index in [1.54, 1.807) is 0 Å². The summed E-state index contributed by atoms with van der Waals surface area (Å²) in [5.74, 6) is -0.0755. The second kappa shape index (κ2) is 5.73. The molecule has 3 aliphatic carbocycles. The first-order valence-corrected chi connectivity index (χ1v) is 9.44. The number of hydrogen-bond acceptors (Lipinski definition) is 2. The van der Waals surface area contributed by atoms with Crippen molar-refractivity contribution in [2.45, 2.75) is 32.6 Å². The van der Waals surface area contributed by atoms with E-state index in [1.165, 1.54) is 5.57 Å². The molecule has 4 nitrogen and oxygen atoms in total. The molecule has 5 heteroatoms. The van der Waals surface area contributed by atoms with Crippen molar-refractivity contribution in [3.63, 3.8) is 0 Å². The predicted octanol–water partition coefficient (Wildman–Crippen LogP) is 3.64. The van der Waals surface area contributed by atoms with E-state index in [2.05, 4.69) is 26.6 Å². The Labute approximate surface area is 150 Å². The smallest absolute Gasteiger partial charge is 0.247 e. The fraction of sp³-hybridized carbons (Fsp3) is 0.474. The van der Waals surface area contributed by atoms with Crippen molar-refractivity contribution in [1.29, 1.82) is 0 Å². The van der Waals surface area contributed by atoms with Crippen LogP contribution in [0.4, 0.5) is 5.69 Å². The molecule has 2 saturated carbocycles. The SMILES string of the molecule is CCNC(=O)C1=C2CCC(C1C(=O)Nc1ccc(Br)cc1)C21CC1. The molecule has 2 unspecified atom stereocenters. The highest BCUT2D eigenvalue weighted by molar-refractivity contribution is 9.10. The topological polar surface area (TPSA) is 58.2 Å². The summed E-state index contributed by atoms with van der Waals surface area (Å²) in [5, 5.41) is 5.93. The first-order chi connectivity index (χ1) is 11.6. The molecule has 24 heavy (non-hydrogen) atoms. The average Bonchev–Trinajstić information content (AvgIpc) is 3.23. The lowest BCUT2D eigenvalue weighted by atomic mass is 9.82. The summed E-state index contributed by atoms with van der Waals surface area (Å²) in [7, 11) is 0. The third-order valence-corrected chi connectivity index (χ3v) is 6.35. The van der Waals surface area contributed by atoms with Crippen LogP contribution in [0.5, 0.6) is 0 Å². The number of benzene rings is 1.